The third-order valence-corrected chi connectivity index (χ3v) is 3.17. The van der Waals surface area contributed by atoms with Gasteiger partial charge in [0, 0.05) is 17.4 Å². The summed E-state index contributed by atoms with van der Waals surface area (Å²) in [6, 6.07) is 4.12. The zero-order valence-electron chi connectivity index (χ0n) is 10.7. The number of aryl methyl sites for hydroxylation is 1. The van der Waals surface area contributed by atoms with Gasteiger partial charge in [-0.15, -0.1) is 0 Å². The summed E-state index contributed by atoms with van der Waals surface area (Å²) in [5.74, 6) is -0.399. The van der Waals surface area contributed by atoms with Crippen LogP contribution >= 0.6 is 0 Å². The van der Waals surface area contributed by atoms with Crippen LogP contribution in [0.2, 0.25) is 0 Å². The van der Waals surface area contributed by atoms with E-state index in [1.807, 2.05) is 13.0 Å². The predicted octanol–water partition coefficient (Wildman–Crippen LogP) is 2.49. The number of nitrogens with two attached hydrogens (primary N) is 1. The van der Waals surface area contributed by atoms with Crippen LogP contribution in [-0.2, 0) is 4.74 Å². The molecule has 0 spiro atoms. The van der Waals surface area contributed by atoms with E-state index in [1.165, 1.54) is 7.11 Å². The van der Waals surface area contributed by atoms with Gasteiger partial charge in [0.05, 0.1) is 12.7 Å². The third kappa shape index (κ3) is 2.47. The van der Waals surface area contributed by atoms with Crippen molar-refractivity contribution in [1.29, 1.82) is 0 Å². The molecule has 0 amide bonds. The van der Waals surface area contributed by atoms with E-state index in [9.17, 15) is 4.79 Å². The standard InChI is InChI=1S/C14H18N2O2/c1-9-7-11(16-10-5-3-4-6-10)8-12(13(9)15)14(17)18-2/h3-4,7-8,10,16H,5-6,15H2,1-2H3. The first-order valence-corrected chi connectivity index (χ1v) is 6.01. The van der Waals surface area contributed by atoms with E-state index in [2.05, 4.69) is 17.5 Å². The zero-order valence-corrected chi connectivity index (χ0v) is 10.7. The Bertz CT molecular complexity index is 487. The van der Waals surface area contributed by atoms with Gasteiger partial charge in [-0.2, -0.15) is 0 Å². The summed E-state index contributed by atoms with van der Waals surface area (Å²) < 4.78 is 4.74. The lowest BCUT2D eigenvalue weighted by atomic mass is 10.1. The number of methoxy groups -OCH3 is 1. The van der Waals surface area contributed by atoms with Gasteiger partial charge in [-0.3, -0.25) is 0 Å². The molecule has 0 unspecified atom stereocenters. The van der Waals surface area contributed by atoms with Gasteiger partial charge in [0.15, 0.2) is 0 Å². The van der Waals surface area contributed by atoms with E-state index in [0.717, 1.165) is 24.1 Å². The van der Waals surface area contributed by atoms with Crippen molar-refractivity contribution in [1.82, 2.24) is 0 Å². The maximum absolute atomic E-state index is 11.6. The maximum Gasteiger partial charge on any atom is 0.340 e. The average molecular weight is 246 g/mol. The minimum Gasteiger partial charge on any atom is -0.465 e. The Kier molecular flexibility index (Phi) is 3.55. The Hall–Kier alpha value is -1.97. The van der Waals surface area contributed by atoms with Crippen LogP contribution in [0.5, 0.6) is 0 Å². The van der Waals surface area contributed by atoms with Crippen molar-refractivity contribution in [3.8, 4) is 0 Å². The number of ether oxygens (including phenoxy) is 1. The Morgan fingerprint density at radius 2 is 2.06 bits per heavy atom. The van der Waals surface area contributed by atoms with Gasteiger partial charge in [-0.25, -0.2) is 4.79 Å². The molecule has 4 nitrogen and oxygen atoms in total. The van der Waals surface area contributed by atoms with E-state index >= 15 is 0 Å². The van der Waals surface area contributed by atoms with Crippen LogP contribution < -0.4 is 11.1 Å². The van der Waals surface area contributed by atoms with Crippen LogP contribution in [0.25, 0.3) is 0 Å². The van der Waals surface area contributed by atoms with E-state index in [1.54, 1.807) is 6.07 Å². The Morgan fingerprint density at radius 3 is 2.67 bits per heavy atom. The molecule has 1 aliphatic carbocycles. The third-order valence-electron chi connectivity index (χ3n) is 3.17. The van der Waals surface area contributed by atoms with Gasteiger partial charge in [-0.05, 0) is 37.5 Å². The second-order valence-corrected chi connectivity index (χ2v) is 4.53. The van der Waals surface area contributed by atoms with E-state index in [0.29, 0.717) is 17.3 Å². The topological polar surface area (TPSA) is 64.3 Å². The lowest BCUT2D eigenvalue weighted by molar-refractivity contribution is 0.0602. The second kappa shape index (κ2) is 5.12. The molecule has 0 aliphatic heterocycles. The van der Waals surface area contributed by atoms with Crippen LogP contribution in [0.15, 0.2) is 24.3 Å². The number of carbonyl (C=O) groups excluding carboxylic acids is 1. The molecule has 1 aromatic carbocycles. The van der Waals surface area contributed by atoms with Crippen LogP contribution in [0, 0.1) is 6.92 Å². The first-order valence-electron chi connectivity index (χ1n) is 6.01. The molecule has 0 atom stereocenters. The van der Waals surface area contributed by atoms with Crippen LogP contribution in [0.4, 0.5) is 11.4 Å². The van der Waals surface area contributed by atoms with Crippen LogP contribution in [-0.4, -0.2) is 19.1 Å². The molecule has 1 aliphatic rings. The first-order chi connectivity index (χ1) is 8.61. The normalized spacial score (nSPS) is 14.8. The Labute approximate surface area is 107 Å². The van der Waals surface area contributed by atoms with Gasteiger partial charge in [-0.1, -0.05) is 12.2 Å². The molecule has 0 saturated carbocycles. The van der Waals surface area contributed by atoms with E-state index < -0.39 is 5.97 Å². The lowest BCUT2D eigenvalue weighted by Gasteiger charge is -2.16. The Balaban J connectivity index is 2.25. The number of esters is 1. The van der Waals surface area contributed by atoms with E-state index in [4.69, 9.17) is 10.5 Å². The summed E-state index contributed by atoms with van der Waals surface area (Å²) >= 11 is 0. The van der Waals surface area contributed by atoms with Crippen LogP contribution in [0.1, 0.15) is 28.8 Å². The predicted molar refractivity (Wildman–Crippen MR) is 72.7 cm³/mol. The van der Waals surface area contributed by atoms with Gasteiger partial charge in [0.1, 0.15) is 0 Å². The van der Waals surface area contributed by atoms with Crippen molar-refractivity contribution in [3.05, 3.63) is 35.4 Å². The minimum atomic E-state index is -0.399. The van der Waals surface area contributed by atoms with E-state index in [-0.39, 0.29) is 0 Å². The van der Waals surface area contributed by atoms with Gasteiger partial charge in [0.2, 0.25) is 0 Å². The van der Waals surface area contributed by atoms with Crippen molar-refractivity contribution < 1.29 is 9.53 Å². The number of anilines is 2. The maximum atomic E-state index is 11.6. The molecule has 0 fully saturated rings. The second-order valence-electron chi connectivity index (χ2n) is 4.53. The number of hydrogen-bond acceptors (Lipinski definition) is 4. The molecule has 4 heteroatoms. The van der Waals surface area contributed by atoms with Gasteiger partial charge >= 0.3 is 5.97 Å². The quantitative estimate of drug-likeness (QED) is 0.488. The number of rotatable bonds is 3. The largest absolute Gasteiger partial charge is 0.465 e. The summed E-state index contributed by atoms with van der Waals surface area (Å²) in [6.07, 6.45) is 6.33. The van der Waals surface area contributed by atoms with Crippen molar-refractivity contribution in [2.75, 3.05) is 18.2 Å². The van der Waals surface area contributed by atoms with Crippen LogP contribution in [0.3, 0.4) is 0 Å². The zero-order chi connectivity index (χ0) is 13.1. The molecule has 0 radical (unpaired) electrons. The first kappa shape index (κ1) is 12.5. The molecule has 96 valence electrons. The Morgan fingerprint density at radius 1 is 1.39 bits per heavy atom. The molecule has 1 aromatic rings. The van der Waals surface area contributed by atoms with Gasteiger partial charge in [0.25, 0.3) is 0 Å². The molecular formula is C14H18N2O2. The highest BCUT2D eigenvalue weighted by atomic mass is 16.5. The average Bonchev–Trinajstić information content (AvgIpc) is 2.85. The molecule has 0 bridgehead atoms. The van der Waals surface area contributed by atoms with Crippen molar-refractivity contribution in [3.63, 3.8) is 0 Å². The molecule has 18 heavy (non-hydrogen) atoms. The molecule has 0 saturated heterocycles. The SMILES string of the molecule is COC(=O)c1cc(NC2CC=CC2)cc(C)c1N. The smallest absolute Gasteiger partial charge is 0.340 e. The lowest BCUT2D eigenvalue weighted by Crippen LogP contribution is -2.16. The summed E-state index contributed by atoms with van der Waals surface area (Å²) in [6.45, 7) is 1.89. The highest BCUT2D eigenvalue weighted by molar-refractivity contribution is 5.97. The fraction of sp³-hybridized carbons (Fsp3) is 0.357. The highest BCUT2D eigenvalue weighted by Crippen LogP contribution is 2.25. The number of nitrogens with one attached hydrogen (secondary N) is 1. The number of benzene rings is 1. The molecule has 3 N–H and O–H groups in total. The molecular weight excluding hydrogens is 228 g/mol. The molecule has 0 heterocycles. The number of nitrogen functional groups attached to an aromatic ring is 1. The molecule has 2 rings (SSSR count). The monoisotopic (exact) mass is 246 g/mol. The summed E-state index contributed by atoms with van der Waals surface area (Å²) in [5.41, 5.74) is 8.59. The fourth-order valence-electron chi connectivity index (χ4n) is 2.13. The summed E-state index contributed by atoms with van der Waals surface area (Å²) in [7, 11) is 1.36. The van der Waals surface area contributed by atoms with Gasteiger partial charge < -0.3 is 15.8 Å². The highest BCUT2D eigenvalue weighted by Gasteiger charge is 2.15. The fourth-order valence-corrected chi connectivity index (χ4v) is 2.13. The van der Waals surface area contributed by atoms with Crippen molar-refractivity contribution in [2.45, 2.75) is 25.8 Å². The van der Waals surface area contributed by atoms with Crippen molar-refractivity contribution in [2.24, 2.45) is 0 Å². The minimum absolute atomic E-state index is 0.399. The summed E-state index contributed by atoms with van der Waals surface area (Å²) in [5, 5.41) is 3.40. The number of carbonyl (C=O) groups is 1. The summed E-state index contributed by atoms with van der Waals surface area (Å²) in [4.78, 5) is 11.6. The molecule has 0 aromatic heterocycles. The van der Waals surface area contributed by atoms with Crippen molar-refractivity contribution >= 4 is 17.3 Å². The number of hydrogen-bond donors (Lipinski definition) is 2.